The Labute approximate surface area is 129 Å². The number of benzene rings is 2. The summed E-state index contributed by atoms with van der Waals surface area (Å²) in [7, 11) is 0. The quantitative estimate of drug-likeness (QED) is 0.635. The summed E-state index contributed by atoms with van der Waals surface area (Å²) in [5.41, 5.74) is 7.49. The third-order valence-electron chi connectivity index (χ3n) is 3.04. The van der Waals surface area contributed by atoms with E-state index in [9.17, 15) is 14.5 Å². The van der Waals surface area contributed by atoms with Crippen molar-refractivity contribution in [3.8, 4) is 0 Å². The van der Waals surface area contributed by atoms with Crippen LogP contribution in [0.5, 0.6) is 0 Å². The number of nitrogens with one attached hydrogen (secondary N) is 1. The first kappa shape index (κ1) is 15.4. The highest BCUT2D eigenvalue weighted by atomic mass is 79.9. The van der Waals surface area contributed by atoms with Crippen LogP contribution in [0.25, 0.3) is 0 Å². The van der Waals surface area contributed by atoms with Crippen molar-refractivity contribution < 1.29 is 9.31 Å². The van der Waals surface area contributed by atoms with Crippen molar-refractivity contribution >= 4 is 27.3 Å². The molecule has 2 rings (SSSR count). The van der Waals surface area contributed by atoms with Crippen molar-refractivity contribution in [3.63, 3.8) is 0 Å². The molecule has 110 valence electrons. The molecule has 0 saturated heterocycles. The number of nitrogens with two attached hydrogens (primary N) is 1. The van der Waals surface area contributed by atoms with E-state index in [1.54, 1.807) is 0 Å². The van der Waals surface area contributed by atoms with Crippen LogP contribution >= 0.6 is 15.9 Å². The van der Waals surface area contributed by atoms with Crippen LogP contribution in [0.2, 0.25) is 0 Å². The summed E-state index contributed by atoms with van der Waals surface area (Å²) in [6.45, 7) is 0.749. The average molecular weight is 354 g/mol. The number of hydrogen-bond donors (Lipinski definition) is 2. The Morgan fingerprint density at radius 3 is 2.57 bits per heavy atom. The van der Waals surface area contributed by atoms with Gasteiger partial charge in [0, 0.05) is 13.1 Å². The van der Waals surface area contributed by atoms with Gasteiger partial charge in [0.1, 0.15) is 11.5 Å². The van der Waals surface area contributed by atoms with Crippen LogP contribution < -0.4 is 11.1 Å². The lowest BCUT2D eigenvalue weighted by Crippen LogP contribution is -2.07. The van der Waals surface area contributed by atoms with Crippen molar-refractivity contribution in [1.29, 1.82) is 0 Å². The average Bonchev–Trinajstić information content (AvgIpc) is 2.48. The van der Waals surface area contributed by atoms with Gasteiger partial charge in [0.2, 0.25) is 0 Å². The minimum Gasteiger partial charge on any atom is -0.375 e. The predicted molar refractivity (Wildman–Crippen MR) is 82.4 cm³/mol. The molecule has 0 aromatic heterocycles. The molecule has 0 fully saturated rings. The highest BCUT2D eigenvalue weighted by Crippen LogP contribution is 2.31. The molecule has 21 heavy (non-hydrogen) atoms. The van der Waals surface area contributed by atoms with Crippen molar-refractivity contribution in [2.45, 2.75) is 13.1 Å². The van der Waals surface area contributed by atoms with Gasteiger partial charge in [-0.2, -0.15) is 0 Å². The smallest absolute Gasteiger partial charge is 0.295 e. The molecular formula is C14H13BrFN3O2. The molecular weight excluding hydrogens is 341 g/mol. The van der Waals surface area contributed by atoms with Crippen LogP contribution in [-0.4, -0.2) is 4.92 Å². The third kappa shape index (κ3) is 3.56. The minimum absolute atomic E-state index is 0.169. The lowest BCUT2D eigenvalue weighted by Gasteiger charge is -2.11. The monoisotopic (exact) mass is 353 g/mol. The fourth-order valence-corrected chi connectivity index (χ4v) is 2.29. The maximum Gasteiger partial charge on any atom is 0.295 e. The predicted octanol–water partition coefficient (Wildman–Crippen LogP) is 3.57. The second kappa shape index (κ2) is 6.64. The van der Waals surface area contributed by atoms with E-state index >= 15 is 0 Å². The highest BCUT2D eigenvalue weighted by molar-refractivity contribution is 9.10. The van der Waals surface area contributed by atoms with Crippen molar-refractivity contribution in [1.82, 2.24) is 0 Å². The summed E-state index contributed by atoms with van der Waals surface area (Å²) in [5.74, 6) is -0.672. The molecule has 2 aromatic rings. The maximum absolute atomic E-state index is 13.4. The lowest BCUT2D eigenvalue weighted by atomic mass is 10.1. The van der Waals surface area contributed by atoms with Crippen molar-refractivity contribution in [2.75, 3.05) is 5.32 Å². The SMILES string of the molecule is NCc1ccccc1CNc1cc(Br)c(F)cc1[N+](=O)[O-]. The molecule has 0 unspecified atom stereocenters. The van der Waals surface area contributed by atoms with E-state index in [4.69, 9.17) is 5.73 Å². The molecule has 0 amide bonds. The number of nitro groups is 1. The van der Waals surface area contributed by atoms with Crippen LogP contribution in [0.4, 0.5) is 15.8 Å². The summed E-state index contributed by atoms with van der Waals surface area (Å²) in [4.78, 5) is 10.4. The zero-order chi connectivity index (χ0) is 15.4. The fourth-order valence-electron chi connectivity index (χ4n) is 1.95. The van der Waals surface area contributed by atoms with Gasteiger partial charge < -0.3 is 11.1 Å². The molecule has 2 aromatic carbocycles. The number of anilines is 1. The number of nitrogens with zero attached hydrogens (tertiary/aromatic N) is 1. The third-order valence-corrected chi connectivity index (χ3v) is 3.65. The molecule has 0 aliphatic carbocycles. The largest absolute Gasteiger partial charge is 0.375 e. The van der Waals surface area contributed by atoms with Gasteiger partial charge in [0.15, 0.2) is 0 Å². The summed E-state index contributed by atoms with van der Waals surface area (Å²) in [6.07, 6.45) is 0. The molecule has 0 bridgehead atoms. The van der Waals surface area contributed by atoms with Gasteiger partial charge in [-0.05, 0) is 33.1 Å². The molecule has 0 heterocycles. The van der Waals surface area contributed by atoms with Gasteiger partial charge in [-0.3, -0.25) is 10.1 Å². The number of halogens is 2. The molecule has 0 radical (unpaired) electrons. The number of hydrogen-bond acceptors (Lipinski definition) is 4. The van der Waals surface area contributed by atoms with E-state index in [0.717, 1.165) is 17.2 Å². The van der Waals surface area contributed by atoms with E-state index in [1.807, 2.05) is 24.3 Å². The van der Waals surface area contributed by atoms with Crippen LogP contribution in [0.1, 0.15) is 11.1 Å². The Balaban J connectivity index is 2.27. The molecule has 0 spiro atoms. The van der Waals surface area contributed by atoms with Gasteiger partial charge in [0.05, 0.1) is 15.5 Å². The fraction of sp³-hybridized carbons (Fsp3) is 0.143. The summed E-state index contributed by atoms with van der Waals surface area (Å²) < 4.78 is 13.6. The Hall–Kier alpha value is -1.99. The topological polar surface area (TPSA) is 81.2 Å². The van der Waals surface area contributed by atoms with Crippen molar-refractivity contribution in [2.24, 2.45) is 5.73 Å². The first-order chi connectivity index (χ1) is 10.0. The van der Waals surface area contributed by atoms with Crippen LogP contribution in [0.15, 0.2) is 40.9 Å². The second-order valence-electron chi connectivity index (χ2n) is 4.37. The maximum atomic E-state index is 13.4. The van der Waals surface area contributed by atoms with Gasteiger partial charge in [-0.1, -0.05) is 24.3 Å². The molecule has 3 N–H and O–H groups in total. The van der Waals surface area contributed by atoms with E-state index in [0.29, 0.717) is 13.1 Å². The second-order valence-corrected chi connectivity index (χ2v) is 5.22. The minimum atomic E-state index is -0.672. The molecule has 7 heteroatoms. The van der Waals surface area contributed by atoms with E-state index < -0.39 is 10.7 Å². The highest BCUT2D eigenvalue weighted by Gasteiger charge is 2.17. The molecule has 0 aliphatic heterocycles. The summed E-state index contributed by atoms with van der Waals surface area (Å²) in [5, 5.41) is 13.9. The van der Waals surface area contributed by atoms with Gasteiger partial charge in [-0.15, -0.1) is 0 Å². The Morgan fingerprint density at radius 1 is 1.29 bits per heavy atom. The van der Waals surface area contributed by atoms with E-state index in [2.05, 4.69) is 21.2 Å². The zero-order valence-electron chi connectivity index (χ0n) is 11.0. The van der Waals surface area contributed by atoms with Gasteiger partial charge in [-0.25, -0.2) is 4.39 Å². The Kier molecular flexibility index (Phi) is 4.87. The standard InChI is InChI=1S/C14H13BrFN3O2/c15-11-5-13(14(19(20)21)6-12(11)16)18-8-10-4-2-1-3-9(10)7-17/h1-6,18H,7-8,17H2. The Morgan fingerprint density at radius 2 is 1.95 bits per heavy atom. The number of rotatable bonds is 5. The van der Waals surface area contributed by atoms with Gasteiger partial charge in [0.25, 0.3) is 5.69 Å². The first-order valence-electron chi connectivity index (χ1n) is 6.17. The lowest BCUT2D eigenvalue weighted by molar-refractivity contribution is -0.384. The molecule has 0 aliphatic rings. The van der Waals surface area contributed by atoms with E-state index in [-0.39, 0.29) is 15.8 Å². The molecule has 0 saturated carbocycles. The first-order valence-corrected chi connectivity index (χ1v) is 6.96. The zero-order valence-corrected chi connectivity index (χ0v) is 12.6. The summed E-state index contributed by atoms with van der Waals surface area (Å²) >= 11 is 3.03. The van der Waals surface area contributed by atoms with Crippen LogP contribution in [0.3, 0.4) is 0 Å². The van der Waals surface area contributed by atoms with E-state index in [1.165, 1.54) is 6.07 Å². The normalized spacial score (nSPS) is 10.4. The Bertz CT molecular complexity index is 679. The van der Waals surface area contributed by atoms with Crippen LogP contribution in [-0.2, 0) is 13.1 Å². The van der Waals surface area contributed by atoms with Crippen molar-refractivity contribution in [3.05, 3.63) is 67.9 Å². The molecule has 0 atom stereocenters. The number of nitro benzene ring substituents is 1. The van der Waals surface area contributed by atoms with Crippen LogP contribution in [0, 0.1) is 15.9 Å². The summed E-state index contributed by atoms with van der Waals surface area (Å²) in [6, 6.07) is 9.78. The molecule has 5 nitrogen and oxygen atoms in total. The van der Waals surface area contributed by atoms with Gasteiger partial charge >= 0.3 is 0 Å².